The van der Waals surface area contributed by atoms with Crippen LogP contribution in [-0.4, -0.2) is 39.0 Å². The molecule has 0 aliphatic rings. The van der Waals surface area contributed by atoms with Crippen LogP contribution in [0, 0.1) is 5.92 Å². The summed E-state index contributed by atoms with van der Waals surface area (Å²) in [4.78, 5) is 0. The zero-order valence-electron chi connectivity index (χ0n) is 11.6. The quantitative estimate of drug-likeness (QED) is 0.586. The summed E-state index contributed by atoms with van der Waals surface area (Å²) in [6, 6.07) is 0. The fourth-order valence-corrected chi connectivity index (χ4v) is 1.18. The molecule has 0 amide bonds. The van der Waals surface area contributed by atoms with Crippen molar-refractivity contribution in [1.82, 2.24) is 5.32 Å². The third-order valence-corrected chi connectivity index (χ3v) is 2.72. The van der Waals surface area contributed by atoms with Crippen molar-refractivity contribution < 1.29 is 9.47 Å². The van der Waals surface area contributed by atoms with E-state index in [9.17, 15) is 0 Å². The molecule has 0 unspecified atom stereocenters. The van der Waals surface area contributed by atoms with Crippen LogP contribution in [0.25, 0.3) is 0 Å². The van der Waals surface area contributed by atoms with Gasteiger partial charge in [0.25, 0.3) is 0 Å². The normalized spacial score (nSPS) is 12.4. The lowest BCUT2D eigenvalue weighted by atomic mass is 10.1. The maximum absolute atomic E-state index is 5.54. The van der Waals surface area contributed by atoms with E-state index >= 15 is 0 Å². The van der Waals surface area contributed by atoms with E-state index in [1.165, 1.54) is 6.42 Å². The van der Waals surface area contributed by atoms with Crippen LogP contribution in [0.15, 0.2) is 0 Å². The molecule has 0 rings (SSSR count). The van der Waals surface area contributed by atoms with E-state index in [1.54, 1.807) is 7.11 Å². The fourth-order valence-electron chi connectivity index (χ4n) is 1.18. The molecule has 0 atom stereocenters. The first kappa shape index (κ1) is 15.9. The Morgan fingerprint density at radius 1 is 1.12 bits per heavy atom. The molecule has 0 heterocycles. The number of rotatable bonds is 10. The molecule has 0 radical (unpaired) electrons. The van der Waals surface area contributed by atoms with E-state index in [0.29, 0.717) is 0 Å². The minimum absolute atomic E-state index is 0.0644. The standard InChI is InChI=1S/C13H29NO2/c1-12(2)6-8-14-9-11-16-10-7-13(3,4)15-5/h12,14H,6-11H2,1-5H3. The number of hydrogen-bond donors (Lipinski definition) is 1. The predicted octanol–water partition coefficient (Wildman–Crippen LogP) is 2.45. The van der Waals surface area contributed by atoms with Crippen LogP contribution >= 0.6 is 0 Å². The SMILES string of the molecule is COC(C)(C)CCOCCNCCC(C)C. The van der Waals surface area contributed by atoms with Crippen molar-refractivity contribution >= 4 is 0 Å². The lowest BCUT2D eigenvalue weighted by Gasteiger charge is -2.22. The van der Waals surface area contributed by atoms with Gasteiger partial charge in [0.2, 0.25) is 0 Å². The monoisotopic (exact) mass is 231 g/mol. The molecule has 3 heteroatoms. The molecular weight excluding hydrogens is 202 g/mol. The summed E-state index contributed by atoms with van der Waals surface area (Å²) in [5.74, 6) is 0.774. The largest absolute Gasteiger partial charge is 0.380 e. The van der Waals surface area contributed by atoms with Crippen molar-refractivity contribution in [3.63, 3.8) is 0 Å². The van der Waals surface area contributed by atoms with Gasteiger partial charge in [-0.1, -0.05) is 13.8 Å². The molecule has 98 valence electrons. The molecule has 0 spiro atoms. The molecule has 3 nitrogen and oxygen atoms in total. The molecule has 0 bridgehead atoms. The first-order chi connectivity index (χ1) is 7.48. The molecule has 0 saturated heterocycles. The molecule has 16 heavy (non-hydrogen) atoms. The van der Waals surface area contributed by atoms with Gasteiger partial charge >= 0.3 is 0 Å². The predicted molar refractivity (Wildman–Crippen MR) is 68.8 cm³/mol. The van der Waals surface area contributed by atoms with E-state index < -0.39 is 0 Å². The second kappa shape index (κ2) is 8.97. The van der Waals surface area contributed by atoms with Gasteiger partial charge in [0, 0.05) is 20.3 Å². The first-order valence-electron chi connectivity index (χ1n) is 6.31. The Morgan fingerprint density at radius 3 is 2.38 bits per heavy atom. The van der Waals surface area contributed by atoms with Crippen LogP contribution in [0.4, 0.5) is 0 Å². The summed E-state index contributed by atoms with van der Waals surface area (Å²) in [5.41, 5.74) is -0.0644. The zero-order chi connectivity index (χ0) is 12.4. The molecule has 0 aliphatic carbocycles. The average Bonchev–Trinajstić information content (AvgIpc) is 2.21. The van der Waals surface area contributed by atoms with Crippen LogP contribution in [0.3, 0.4) is 0 Å². The lowest BCUT2D eigenvalue weighted by molar-refractivity contribution is -0.00935. The Bertz CT molecular complexity index is 158. The van der Waals surface area contributed by atoms with Crippen molar-refractivity contribution in [2.45, 2.75) is 46.1 Å². The number of ether oxygens (including phenoxy) is 2. The van der Waals surface area contributed by atoms with Crippen LogP contribution < -0.4 is 5.32 Å². The molecule has 0 aromatic rings. The zero-order valence-corrected chi connectivity index (χ0v) is 11.6. The number of hydrogen-bond acceptors (Lipinski definition) is 3. The maximum Gasteiger partial charge on any atom is 0.0644 e. The Kier molecular flexibility index (Phi) is 8.90. The number of methoxy groups -OCH3 is 1. The summed E-state index contributed by atoms with van der Waals surface area (Å²) in [6.45, 7) is 12.2. The number of nitrogens with one attached hydrogen (secondary N) is 1. The summed E-state index contributed by atoms with van der Waals surface area (Å²) >= 11 is 0. The third kappa shape index (κ3) is 10.4. The minimum atomic E-state index is -0.0644. The van der Waals surface area contributed by atoms with Crippen LogP contribution in [0.2, 0.25) is 0 Å². The fraction of sp³-hybridized carbons (Fsp3) is 1.00. The molecule has 0 saturated carbocycles. The van der Waals surface area contributed by atoms with E-state index in [2.05, 4.69) is 33.0 Å². The molecule has 0 fully saturated rings. The van der Waals surface area contributed by atoms with Crippen molar-refractivity contribution in [3.05, 3.63) is 0 Å². The smallest absolute Gasteiger partial charge is 0.0644 e. The minimum Gasteiger partial charge on any atom is -0.380 e. The second-order valence-corrected chi connectivity index (χ2v) is 5.26. The van der Waals surface area contributed by atoms with E-state index in [-0.39, 0.29) is 5.60 Å². The highest BCUT2D eigenvalue weighted by atomic mass is 16.5. The maximum atomic E-state index is 5.54. The summed E-state index contributed by atoms with van der Waals surface area (Å²) in [6.07, 6.45) is 2.17. The van der Waals surface area contributed by atoms with Crippen LogP contribution in [0.5, 0.6) is 0 Å². The third-order valence-electron chi connectivity index (χ3n) is 2.72. The molecule has 0 aromatic carbocycles. The Morgan fingerprint density at radius 2 is 1.81 bits per heavy atom. The van der Waals surface area contributed by atoms with Gasteiger partial charge in [-0.15, -0.1) is 0 Å². The van der Waals surface area contributed by atoms with Gasteiger partial charge in [0.1, 0.15) is 0 Å². The second-order valence-electron chi connectivity index (χ2n) is 5.26. The Labute approximate surface area is 101 Å². The van der Waals surface area contributed by atoms with Gasteiger partial charge in [0.05, 0.1) is 12.2 Å². The van der Waals surface area contributed by atoms with E-state index in [1.807, 2.05) is 0 Å². The van der Waals surface area contributed by atoms with Crippen LogP contribution in [-0.2, 0) is 9.47 Å². The van der Waals surface area contributed by atoms with Gasteiger partial charge < -0.3 is 14.8 Å². The highest BCUT2D eigenvalue weighted by Crippen LogP contribution is 2.12. The molecule has 0 aliphatic heterocycles. The topological polar surface area (TPSA) is 30.5 Å². The highest BCUT2D eigenvalue weighted by Gasteiger charge is 2.15. The van der Waals surface area contributed by atoms with Crippen molar-refractivity contribution in [3.8, 4) is 0 Å². The van der Waals surface area contributed by atoms with E-state index in [4.69, 9.17) is 9.47 Å². The molecular formula is C13H29NO2. The van der Waals surface area contributed by atoms with Gasteiger partial charge in [-0.3, -0.25) is 0 Å². The van der Waals surface area contributed by atoms with E-state index in [0.717, 1.165) is 38.6 Å². The van der Waals surface area contributed by atoms with Gasteiger partial charge in [-0.2, -0.15) is 0 Å². The van der Waals surface area contributed by atoms with Gasteiger partial charge in [-0.05, 0) is 39.2 Å². The van der Waals surface area contributed by atoms with Gasteiger partial charge in [0.15, 0.2) is 0 Å². The Hall–Kier alpha value is -0.120. The van der Waals surface area contributed by atoms with Crippen molar-refractivity contribution in [2.75, 3.05) is 33.4 Å². The lowest BCUT2D eigenvalue weighted by Crippen LogP contribution is -2.26. The molecule has 0 aromatic heterocycles. The van der Waals surface area contributed by atoms with Crippen molar-refractivity contribution in [2.24, 2.45) is 5.92 Å². The van der Waals surface area contributed by atoms with Crippen molar-refractivity contribution in [1.29, 1.82) is 0 Å². The Balaban J connectivity index is 3.16. The van der Waals surface area contributed by atoms with Gasteiger partial charge in [-0.25, -0.2) is 0 Å². The average molecular weight is 231 g/mol. The molecule has 1 N–H and O–H groups in total. The first-order valence-corrected chi connectivity index (χ1v) is 6.31. The summed E-state index contributed by atoms with van der Waals surface area (Å²) in [7, 11) is 1.74. The van der Waals surface area contributed by atoms with Crippen LogP contribution in [0.1, 0.15) is 40.5 Å². The summed E-state index contributed by atoms with van der Waals surface area (Å²) in [5, 5.41) is 3.37. The summed E-state index contributed by atoms with van der Waals surface area (Å²) < 4.78 is 10.8. The highest BCUT2D eigenvalue weighted by molar-refractivity contribution is 4.66.